The van der Waals surface area contributed by atoms with Gasteiger partial charge in [-0.2, -0.15) is 0 Å². The average molecular weight is 351 g/mol. The maximum Gasteiger partial charge on any atom is 0.233 e. The highest BCUT2D eigenvalue weighted by Crippen LogP contribution is 2.19. The molecule has 0 unspecified atom stereocenters. The van der Waals surface area contributed by atoms with E-state index in [0.717, 1.165) is 11.1 Å². The molecule has 0 aliphatic heterocycles. The zero-order valence-electron chi connectivity index (χ0n) is 12.5. The van der Waals surface area contributed by atoms with Crippen LogP contribution in [0.3, 0.4) is 0 Å². The minimum atomic E-state index is -0.382. The Morgan fingerprint density at radius 2 is 1.78 bits per heavy atom. The first kappa shape index (κ1) is 17.3. The van der Waals surface area contributed by atoms with Gasteiger partial charge in [-0.3, -0.25) is 9.59 Å². The summed E-state index contributed by atoms with van der Waals surface area (Å²) in [7, 11) is 0. The van der Waals surface area contributed by atoms with E-state index in [1.165, 1.54) is 0 Å². The van der Waals surface area contributed by atoms with Crippen LogP contribution >= 0.6 is 23.2 Å². The van der Waals surface area contributed by atoms with Crippen LogP contribution in [0.1, 0.15) is 17.5 Å². The number of benzene rings is 2. The number of hydrogen-bond donors (Lipinski definition) is 2. The number of rotatable bonds is 5. The van der Waals surface area contributed by atoms with E-state index < -0.39 is 0 Å². The second kappa shape index (κ2) is 7.99. The molecule has 0 bridgehead atoms. The molecule has 2 aromatic carbocycles. The van der Waals surface area contributed by atoms with E-state index in [9.17, 15) is 9.59 Å². The summed E-state index contributed by atoms with van der Waals surface area (Å²) in [6, 6.07) is 12.4. The maximum absolute atomic E-state index is 11.9. The van der Waals surface area contributed by atoms with Gasteiger partial charge in [0.25, 0.3) is 0 Å². The Hall–Kier alpha value is -2.04. The van der Waals surface area contributed by atoms with E-state index >= 15 is 0 Å². The Morgan fingerprint density at radius 3 is 2.48 bits per heavy atom. The topological polar surface area (TPSA) is 58.2 Å². The number of hydrogen-bond acceptors (Lipinski definition) is 2. The van der Waals surface area contributed by atoms with Crippen molar-refractivity contribution in [1.29, 1.82) is 0 Å². The van der Waals surface area contributed by atoms with Crippen LogP contribution in [0.15, 0.2) is 42.5 Å². The van der Waals surface area contributed by atoms with Crippen LogP contribution in [0.5, 0.6) is 0 Å². The number of nitrogens with one attached hydrogen (secondary N) is 2. The SMILES string of the molecule is Cc1cc(Cl)ccc1NC(=O)CC(=O)NCc1ccccc1Cl. The first-order valence-corrected chi connectivity index (χ1v) is 7.77. The zero-order valence-corrected chi connectivity index (χ0v) is 14.0. The zero-order chi connectivity index (χ0) is 16.8. The molecular formula is C17H16Cl2N2O2. The average Bonchev–Trinajstić information content (AvgIpc) is 2.49. The van der Waals surface area contributed by atoms with Gasteiger partial charge < -0.3 is 10.6 Å². The molecule has 120 valence electrons. The summed E-state index contributed by atoms with van der Waals surface area (Å²) in [5.41, 5.74) is 2.28. The molecule has 0 saturated heterocycles. The van der Waals surface area contributed by atoms with Crippen LogP contribution in [0.2, 0.25) is 10.0 Å². The van der Waals surface area contributed by atoms with Crippen molar-refractivity contribution in [3.8, 4) is 0 Å². The number of anilines is 1. The fraction of sp³-hybridized carbons (Fsp3) is 0.176. The molecule has 4 nitrogen and oxygen atoms in total. The number of aryl methyl sites for hydroxylation is 1. The molecule has 0 aliphatic rings. The lowest BCUT2D eigenvalue weighted by Crippen LogP contribution is -2.28. The lowest BCUT2D eigenvalue weighted by molar-refractivity contribution is -0.126. The van der Waals surface area contributed by atoms with Crippen molar-refractivity contribution in [3.63, 3.8) is 0 Å². The second-order valence-electron chi connectivity index (χ2n) is 5.05. The Kier molecular flexibility index (Phi) is 6.02. The Morgan fingerprint density at radius 1 is 1.04 bits per heavy atom. The van der Waals surface area contributed by atoms with Crippen molar-refractivity contribution in [2.75, 3.05) is 5.32 Å². The largest absolute Gasteiger partial charge is 0.352 e. The molecule has 2 amide bonds. The summed E-state index contributed by atoms with van der Waals surface area (Å²) in [4.78, 5) is 23.7. The van der Waals surface area contributed by atoms with E-state index in [2.05, 4.69) is 10.6 Å². The third kappa shape index (κ3) is 5.27. The normalized spacial score (nSPS) is 10.2. The van der Waals surface area contributed by atoms with Crippen molar-refractivity contribution < 1.29 is 9.59 Å². The van der Waals surface area contributed by atoms with Crippen LogP contribution in [-0.2, 0) is 16.1 Å². The summed E-state index contributed by atoms with van der Waals surface area (Å²) in [6.07, 6.45) is -0.257. The van der Waals surface area contributed by atoms with Gasteiger partial charge >= 0.3 is 0 Å². The Bertz CT molecular complexity index is 732. The minimum absolute atomic E-state index is 0.257. The highest BCUT2D eigenvalue weighted by molar-refractivity contribution is 6.31. The predicted octanol–water partition coefficient (Wildman–Crippen LogP) is 3.95. The highest BCUT2D eigenvalue weighted by atomic mass is 35.5. The standard InChI is InChI=1S/C17H16Cl2N2O2/c1-11-8-13(18)6-7-15(11)21-17(23)9-16(22)20-10-12-4-2-3-5-14(12)19/h2-8H,9-10H2,1H3,(H,20,22)(H,21,23). The molecule has 23 heavy (non-hydrogen) atoms. The van der Waals surface area contributed by atoms with Gasteiger partial charge in [0.05, 0.1) is 0 Å². The van der Waals surface area contributed by atoms with Gasteiger partial charge in [-0.05, 0) is 42.3 Å². The molecule has 0 atom stereocenters. The van der Waals surface area contributed by atoms with Crippen LogP contribution < -0.4 is 10.6 Å². The van der Waals surface area contributed by atoms with Gasteiger partial charge in [0.1, 0.15) is 6.42 Å². The fourth-order valence-corrected chi connectivity index (χ4v) is 2.43. The maximum atomic E-state index is 11.9. The molecule has 0 heterocycles. The molecule has 2 rings (SSSR count). The van der Waals surface area contributed by atoms with Crippen molar-refractivity contribution in [1.82, 2.24) is 5.32 Å². The number of carbonyl (C=O) groups excluding carboxylic acids is 2. The Balaban J connectivity index is 1.85. The van der Waals surface area contributed by atoms with Gasteiger partial charge in [-0.15, -0.1) is 0 Å². The summed E-state index contributed by atoms with van der Waals surface area (Å²) in [5.74, 6) is -0.749. The molecule has 0 saturated carbocycles. The van der Waals surface area contributed by atoms with E-state index in [1.807, 2.05) is 25.1 Å². The number of halogens is 2. The molecular weight excluding hydrogens is 335 g/mol. The van der Waals surface area contributed by atoms with Crippen molar-refractivity contribution >= 4 is 40.7 Å². The highest BCUT2D eigenvalue weighted by Gasteiger charge is 2.11. The molecule has 0 spiro atoms. The van der Waals surface area contributed by atoms with Crippen molar-refractivity contribution in [2.24, 2.45) is 0 Å². The third-order valence-corrected chi connectivity index (χ3v) is 3.82. The fourth-order valence-electron chi connectivity index (χ4n) is 2.01. The van der Waals surface area contributed by atoms with Crippen molar-refractivity contribution in [2.45, 2.75) is 19.9 Å². The Labute approximate surface area is 144 Å². The van der Waals surface area contributed by atoms with E-state index in [0.29, 0.717) is 15.7 Å². The van der Waals surface area contributed by atoms with Crippen molar-refractivity contribution in [3.05, 3.63) is 63.6 Å². The van der Waals surface area contributed by atoms with Crippen LogP contribution in [0.25, 0.3) is 0 Å². The first-order chi connectivity index (χ1) is 11.0. The summed E-state index contributed by atoms with van der Waals surface area (Å²) < 4.78 is 0. The minimum Gasteiger partial charge on any atom is -0.352 e. The lowest BCUT2D eigenvalue weighted by atomic mass is 10.2. The summed E-state index contributed by atoms with van der Waals surface area (Å²) >= 11 is 11.9. The smallest absolute Gasteiger partial charge is 0.233 e. The monoisotopic (exact) mass is 350 g/mol. The van der Waals surface area contributed by atoms with Crippen LogP contribution in [0.4, 0.5) is 5.69 Å². The van der Waals surface area contributed by atoms with E-state index in [-0.39, 0.29) is 24.8 Å². The van der Waals surface area contributed by atoms with E-state index in [1.54, 1.807) is 24.3 Å². The van der Waals surface area contributed by atoms with E-state index in [4.69, 9.17) is 23.2 Å². The molecule has 2 N–H and O–H groups in total. The van der Waals surface area contributed by atoms with Gasteiger partial charge in [-0.25, -0.2) is 0 Å². The van der Waals surface area contributed by atoms with Gasteiger partial charge in [0, 0.05) is 22.3 Å². The number of amides is 2. The molecule has 0 radical (unpaired) electrons. The quantitative estimate of drug-likeness (QED) is 0.802. The lowest BCUT2D eigenvalue weighted by Gasteiger charge is -2.09. The van der Waals surface area contributed by atoms with Gasteiger partial charge in [0.2, 0.25) is 11.8 Å². The predicted molar refractivity (Wildman–Crippen MR) is 92.7 cm³/mol. The molecule has 2 aromatic rings. The van der Waals surface area contributed by atoms with Gasteiger partial charge in [0.15, 0.2) is 0 Å². The molecule has 0 aromatic heterocycles. The third-order valence-electron chi connectivity index (χ3n) is 3.22. The molecule has 0 aliphatic carbocycles. The first-order valence-electron chi connectivity index (χ1n) is 7.02. The second-order valence-corrected chi connectivity index (χ2v) is 5.90. The summed E-state index contributed by atoms with van der Waals surface area (Å²) in [5, 5.41) is 6.54. The van der Waals surface area contributed by atoms with Crippen LogP contribution in [0, 0.1) is 6.92 Å². The van der Waals surface area contributed by atoms with Crippen LogP contribution in [-0.4, -0.2) is 11.8 Å². The summed E-state index contributed by atoms with van der Waals surface area (Å²) in [6.45, 7) is 2.12. The molecule has 6 heteroatoms. The number of carbonyl (C=O) groups is 2. The molecule has 0 fully saturated rings. The van der Waals surface area contributed by atoms with Gasteiger partial charge in [-0.1, -0.05) is 41.4 Å².